The first kappa shape index (κ1) is 12.9. The van der Waals surface area contributed by atoms with Crippen LogP contribution in [-0.4, -0.2) is 40.2 Å². The van der Waals surface area contributed by atoms with Crippen molar-refractivity contribution in [2.45, 2.75) is 51.1 Å². The lowest BCUT2D eigenvalue weighted by Gasteiger charge is -2.31. The first-order valence-corrected chi connectivity index (χ1v) is 6.27. The Bertz CT molecular complexity index is 211. The second-order valence-corrected chi connectivity index (χ2v) is 4.70. The van der Waals surface area contributed by atoms with E-state index in [1.54, 1.807) is 0 Å². The first-order valence-electron chi connectivity index (χ1n) is 5.86. The van der Waals surface area contributed by atoms with Gasteiger partial charge in [-0.15, -0.1) is 0 Å². The Kier molecular flexibility index (Phi) is 5.50. The molecule has 0 saturated carbocycles. The van der Waals surface area contributed by atoms with Crippen molar-refractivity contribution < 1.29 is 5.11 Å². The molecule has 88 valence electrons. The van der Waals surface area contributed by atoms with Crippen LogP contribution < -0.4 is 5.73 Å². The molecule has 2 unspecified atom stereocenters. The molecule has 0 aromatic rings. The fourth-order valence-corrected chi connectivity index (χ4v) is 2.81. The van der Waals surface area contributed by atoms with Crippen LogP contribution in [0.5, 0.6) is 0 Å². The highest BCUT2D eigenvalue weighted by Crippen LogP contribution is 2.24. The number of nitrogens with two attached hydrogens (primary N) is 1. The number of thiocarbonyl (C=S) groups is 1. The van der Waals surface area contributed by atoms with Gasteiger partial charge in [0.1, 0.15) is 0 Å². The minimum absolute atomic E-state index is 0.256. The fourth-order valence-electron chi connectivity index (χ4n) is 2.50. The summed E-state index contributed by atoms with van der Waals surface area (Å²) >= 11 is 5.10. The lowest BCUT2D eigenvalue weighted by atomic mass is 10.1. The Morgan fingerprint density at radius 2 is 2.40 bits per heavy atom. The molecule has 1 rings (SSSR count). The van der Waals surface area contributed by atoms with E-state index in [-0.39, 0.29) is 12.6 Å². The summed E-state index contributed by atoms with van der Waals surface area (Å²) in [6.45, 7) is 3.52. The molecule has 15 heavy (non-hydrogen) atoms. The smallest absolute Gasteiger partial charge is 0.0902 e. The minimum atomic E-state index is 0.256. The maximum Gasteiger partial charge on any atom is 0.0902 e. The Morgan fingerprint density at radius 3 is 2.93 bits per heavy atom. The molecule has 2 atom stereocenters. The monoisotopic (exact) mass is 230 g/mol. The zero-order valence-corrected chi connectivity index (χ0v) is 10.3. The molecule has 3 N–H and O–H groups in total. The molecule has 1 fully saturated rings. The molecule has 0 spiro atoms. The molecule has 4 heteroatoms. The largest absolute Gasteiger partial charge is 0.396 e. The molecule has 0 radical (unpaired) electrons. The van der Waals surface area contributed by atoms with Crippen LogP contribution in [0.4, 0.5) is 0 Å². The van der Waals surface area contributed by atoms with Gasteiger partial charge in [-0.1, -0.05) is 19.1 Å². The molecule has 1 heterocycles. The van der Waals surface area contributed by atoms with E-state index in [1.807, 2.05) is 0 Å². The SMILES string of the molecule is CCC(C(N)=S)N1CCCC1CCCO. The average Bonchev–Trinajstić information content (AvgIpc) is 2.64. The standard InChI is InChI=1S/C11H22N2OS/c1-2-10(11(12)15)13-7-3-5-9(13)6-4-8-14/h9-10,14H,2-8H2,1H3,(H2,12,15). The van der Waals surface area contributed by atoms with E-state index < -0.39 is 0 Å². The Labute approximate surface area is 97.6 Å². The van der Waals surface area contributed by atoms with E-state index >= 15 is 0 Å². The van der Waals surface area contributed by atoms with Gasteiger partial charge in [-0.2, -0.15) is 0 Å². The maximum atomic E-state index is 8.85. The highest BCUT2D eigenvalue weighted by Gasteiger charge is 2.30. The van der Waals surface area contributed by atoms with Gasteiger partial charge in [0.15, 0.2) is 0 Å². The maximum absolute atomic E-state index is 8.85. The second-order valence-electron chi connectivity index (χ2n) is 4.23. The van der Waals surface area contributed by atoms with Gasteiger partial charge in [0.25, 0.3) is 0 Å². The van der Waals surface area contributed by atoms with Gasteiger partial charge in [0.2, 0.25) is 0 Å². The Hall–Kier alpha value is -0.190. The summed E-state index contributed by atoms with van der Waals surface area (Å²) in [5, 5.41) is 8.85. The van der Waals surface area contributed by atoms with Crippen LogP contribution in [0.3, 0.4) is 0 Å². The van der Waals surface area contributed by atoms with Crippen LogP contribution in [0.1, 0.15) is 39.0 Å². The molecule has 0 aromatic heterocycles. The number of hydrogen-bond acceptors (Lipinski definition) is 3. The van der Waals surface area contributed by atoms with Gasteiger partial charge in [-0.25, -0.2) is 0 Å². The number of likely N-dealkylation sites (tertiary alicyclic amines) is 1. The van der Waals surface area contributed by atoms with Gasteiger partial charge in [0, 0.05) is 12.6 Å². The van der Waals surface area contributed by atoms with Crippen molar-refractivity contribution in [3.63, 3.8) is 0 Å². The van der Waals surface area contributed by atoms with Crippen LogP contribution in [-0.2, 0) is 0 Å². The normalized spacial score (nSPS) is 24.3. The van der Waals surface area contributed by atoms with Gasteiger partial charge in [-0.3, -0.25) is 4.90 Å². The molecule has 0 aromatic carbocycles. The highest BCUT2D eigenvalue weighted by atomic mass is 32.1. The topological polar surface area (TPSA) is 49.5 Å². The van der Waals surface area contributed by atoms with Gasteiger partial charge >= 0.3 is 0 Å². The number of hydrogen-bond donors (Lipinski definition) is 2. The predicted octanol–water partition coefficient (Wildman–Crippen LogP) is 1.29. The molecule has 0 bridgehead atoms. The van der Waals surface area contributed by atoms with Gasteiger partial charge in [-0.05, 0) is 38.6 Å². The van der Waals surface area contributed by atoms with Gasteiger partial charge in [0.05, 0.1) is 11.0 Å². The lowest BCUT2D eigenvalue weighted by Crippen LogP contribution is -2.46. The van der Waals surface area contributed by atoms with E-state index in [0.29, 0.717) is 11.0 Å². The van der Waals surface area contributed by atoms with Crippen LogP contribution in [0.15, 0.2) is 0 Å². The zero-order valence-electron chi connectivity index (χ0n) is 9.48. The summed E-state index contributed by atoms with van der Waals surface area (Å²) in [6, 6.07) is 0.829. The summed E-state index contributed by atoms with van der Waals surface area (Å²) in [7, 11) is 0. The second kappa shape index (κ2) is 6.40. The summed E-state index contributed by atoms with van der Waals surface area (Å²) in [4.78, 5) is 3.05. The number of aliphatic hydroxyl groups is 1. The van der Waals surface area contributed by atoms with Crippen molar-refractivity contribution in [1.29, 1.82) is 0 Å². The lowest BCUT2D eigenvalue weighted by molar-refractivity contribution is 0.192. The third-order valence-corrected chi connectivity index (χ3v) is 3.51. The first-order chi connectivity index (χ1) is 7.20. The van der Waals surface area contributed by atoms with E-state index in [1.165, 1.54) is 12.8 Å². The van der Waals surface area contributed by atoms with Crippen molar-refractivity contribution in [3.8, 4) is 0 Å². The zero-order chi connectivity index (χ0) is 11.3. The summed E-state index contributed by atoms with van der Waals surface area (Å²) in [5.74, 6) is 0. The van der Waals surface area contributed by atoms with Gasteiger partial charge < -0.3 is 10.8 Å². The molecule has 3 nitrogen and oxygen atoms in total. The fraction of sp³-hybridized carbons (Fsp3) is 0.909. The predicted molar refractivity (Wildman–Crippen MR) is 66.9 cm³/mol. The number of aliphatic hydroxyl groups excluding tert-OH is 1. The highest BCUT2D eigenvalue weighted by molar-refractivity contribution is 7.80. The molecular weight excluding hydrogens is 208 g/mol. The minimum Gasteiger partial charge on any atom is -0.396 e. The third-order valence-electron chi connectivity index (χ3n) is 3.23. The molecule has 1 aliphatic heterocycles. The van der Waals surface area contributed by atoms with Crippen molar-refractivity contribution in [3.05, 3.63) is 0 Å². The molecular formula is C11H22N2OS. The molecule has 1 aliphatic rings. The molecule has 0 aliphatic carbocycles. The summed E-state index contributed by atoms with van der Waals surface area (Å²) < 4.78 is 0. The summed E-state index contributed by atoms with van der Waals surface area (Å²) in [6.07, 6.45) is 5.39. The quantitative estimate of drug-likeness (QED) is 0.675. The molecule has 0 amide bonds. The van der Waals surface area contributed by atoms with E-state index in [4.69, 9.17) is 23.1 Å². The van der Waals surface area contributed by atoms with Crippen molar-refractivity contribution in [2.75, 3.05) is 13.2 Å². The Morgan fingerprint density at radius 1 is 1.67 bits per heavy atom. The van der Waals surface area contributed by atoms with Crippen molar-refractivity contribution >= 4 is 17.2 Å². The van der Waals surface area contributed by atoms with E-state index in [9.17, 15) is 0 Å². The third kappa shape index (κ3) is 3.40. The van der Waals surface area contributed by atoms with Crippen LogP contribution in [0, 0.1) is 0 Å². The number of rotatable bonds is 6. The van der Waals surface area contributed by atoms with Crippen LogP contribution in [0.25, 0.3) is 0 Å². The average molecular weight is 230 g/mol. The summed E-state index contributed by atoms with van der Waals surface area (Å²) in [5.41, 5.74) is 5.76. The van der Waals surface area contributed by atoms with Crippen molar-refractivity contribution in [1.82, 2.24) is 4.90 Å². The van der Waals surface area contributed by atoms with E-state index in [0.717, 1.165) is 25.8 Å². The molecule has 1 saturated heterocycles. The van der Waals surface area contributed by atoms with Crippen molar-refractivity contribution in [2.24, 2.45) is 5.73 Å². The number of nitrogens with zero attached hydrogens (tertiary/aromatic N) is 1. The Balaban J connectivity index is 2.53. The van der Waals surface area contributed by atoms with Crippen LogP contribution >= 0.6 is 12.2 Å². The van der Waals surface area contributed by atoms with E-state index in [2.05, 4.69) is 11.8 Å². The van der Waals surface area contributed by atoms with Crippen LogP contribution in [0.2, 0.25) is 0 Å².